The first-order chi connectivity index (χ1) is 5.36. The van der Waals surface area contributed by atoms with Crippen molar-refractivity contribution in [2.75, 3.05) is 18.8 Å². The standard InChI is InChI=1S/C7H11N3S.2ClH/c8-7-10-5-1-3-9-4-2-6(5)11-7;;/h9H,1-4H2,(H2,8,10);2*1H. The van der Waals surface area contributed by atoms with Gasteiger partial charge in [-0.1, -0.05) is 0 Å². The third kappa shape index (κ3) is 2.98. The molecule has 3 nitrogen and oxygen atoms in total. The number of nitrogens with zero attached hydrogens (tertiary/aromatic N) is 1. The number of hydrogen-bond acceptors (Lipinski definition) is 4. The molecule has 0 atom stereocenters. The summed E-state index contributed by atoms with van der Waals surface area (Å²) in [6.45, 7) is 2.10. The number of nitrogens with two attached hydrogens (primary N) is 1. The summed E-state index contributed by atoms with van der Waals surface area (Å²) < 4.78 is 0. The highest BCUT2D eigenvalue weighted by Crippen LogP contribution is 2.22. The Balaban J connectivity index is 0.000000720. The molecule has 0 saturated heterocycles. The van der Waals surface area contributed by atoms with Crippen LogP contribution >= 0.6 is 36.2 Å². The van der Waals surface area contributed by atoms with Gasteiger partial charge >= 0.3 is 0 Å². The average Bonchev–Trinajstić information content (AvgIpc) is 2.17. The molecule has 2 heterocycles. The lowest BCUT2D eigenvalue weighted by atomic mass is 10.2. The normalized spacial score (nSPS) is 14.8. The molecule has 0 spiro atoms. The minimum Gasteiger partial charge on any atom is -0.375 e. The summed E-state index contributed by atoms with van der Waals surface area (Å²) in [7, 11) is 0. The van der Waals surface area contributed by atoms with Crippen molar-refractivity contribution in [1.29, 1.82) is 0 Å². The Morgan fingerprint density at radius 1 is 1.23 bits per heavy atom. The summed E-state index contributed by atoms with van der Waals surface area (Å²) in [5, 5.41) is 4.04. The van der Waals surface area contributed by atoms with Gasteiger partial charge in [-0.15, -0.1) is 36.2 Å². The molecular formula is C7H13Cl2N3S. The SMILES string of the molecule is Cl.Cl.Nc1nc2c(s1)CCNCC2. The van der Waals surface area contributed by atoms with E-state index in [1.165, 1.54) is 10.6 Å². The maximum Gasteiger partial charge on any atom is 0.180 e. The molecule has 0 aliphatic carbocycles. The van der Waals surface area contributed by atoms with E-state index in [0.29, 0.717) is 0 Å². The Bertz CT molecular complexity index is 241. The molecule has 2 rings (SSSR count). The number of anilines is 1. The monoisotopic (exact) mass is 241 g/mol. The van der Waals surface area contributed by atoms with Crippen molar-refractivity contribution in [3.63, 3.8) is 0 Å². The third-order valence-corrected chi connectivity index (χ3v) is 2.85. The lowest BCUT2D eigenvalue weighted by Crippen LogP contribution is -2.16. The Kier molecular flexibility index (Phi) is 5.64. The Morgan fingerprint density at radius 3 is 2.69 bits per heavy atom. The zero-order valence-corrected chi connectivity index (χ0v) is 9.53. The van der Waals surface area contributed by atoms with Crippen molar-refractivity contribution in [3.05, 3.63) is 10.6 Å². The van der Waals surface area contributed by atoms with Crippen LogP contribution in [0.1, 0.15) is 10.6 Å². The predicted molar refractivity (Wildman–Crippen MR) is 61.3 cm³/mol. The van der Waals surface area contributed by atoms with Gasteiger partial charge in [0.2, 0.25) is 0 Å². The topological polar surface area (TPSA) is 50.9 Å². The fourth-order valence-electron chi connectivity index (χ4n) is 1.33. The van der Waals surface area contributed by atoms with Crippen LogP contribution < -0.4 is 11.1 Å². The lowest BCUT2D eigenvalue weighted by molar-refractivity contribution is 0.709. The molecule has 0 radical (unpaired) electrons. The molecule has 0 aromatic carbocycles. The highest BCUT2D eigenvalue weighted by molar-refractivity contribution is 7.15. The van der Waals surface area contributed by atoms with Crippen LogP contribution in [0.25, 0.3) is 0 Å². The maximum absolute atomic E-state index is 5.60. The van der Waals surface area contributed by atoms with Crippen molar-refractivity contribution in [2.24, 2.45) is 0 Å². The summed E-state index contributed by atoms with van der Waals surface area (Å²) >= 11 is 1.63. The molecule has 6 heteroatoms. The van der Waals surface area contributed by atoms with Gasteiger partial charge in [-0.2, -0.15) is 0 Å². The molecule has 0 bridgehead atoms. The van der Waals surface area contributed by atoms with Gasteiger partial charge in [0.15, 0.2) is 5.13 Å². The second-order valence-corrected chi connectivity index (χ2v) is 3.79. The predicted octanol–water partition coefficient (Wildman–Crippen LogP) is 1.26. The van der Waals surface area contributed by atoms with Gasteiger partial charge in [0.05, 0.1) is 5.69 Å². The van der Waals surface area contributed by atoms with E-state index in [4.69, 9.17) is 5.73 Å². The van der Waals surface area contributed by atoms with Gasteiger partial charge in [-0.05, 0) is 6.42 Å². The van der Waals surface area contributed by atoms with E-state index in [1.807, 2.05) is 0 Å². The Hall–Kier alpha value is -0.0300. The highest BCUT2D eigenvalue weighted by Gasteiger charge is 2.11. The van der Waals surface area contributed by atoms with Crippen LogP contribution in [-0.4, -0.2) is 18.1 Å². The van der Waals surface area contributed by atoms with Crippen molar-refractivity contribution in [2.45, 2.75) is 12.8 Å². The zero-order chi connectivity index (χ0) is 7.68. The molecular weight excluding hydrogens is 229 g/mol. The third-order valence-electron chi connectivity index (χ3n) is 1.86. The highest BCUT2D eigenvalue weighted by atomic mass is 35.5. The van der Waals surface area contributed by atoms with E-state index in [0.717, 1.165) is 31.1 Å². The minimum atomic E-state index is 0. The van der Waals surface area contributed by atoms with Crippen molar-refractivity contribution < 1.29 is 0 Å². The number of thiazole rings is 1. The number of rotatable bonds is 0. The van der Waals surface area contributed by atoms with Crippen LogP contribution in [0.4, 0.5) is 5.13 Å². The molecule has 13 heavy (non-hydrogen) atoms. The molecule has 0 saturated carbocycles. The van der Waals surface area contributed by atoms with Gasteiger partial charge in [0.25, 0.3) is 0 Å². The van der Waals surface area contributed by atoms with Gasteiger partial charge in [-0.25, -0.2) is 4.98 Å². The van der Waals surface area contributed by atoms with Gasteiger partial charge < -0.3 is 11.1 Å². The van der Waals surface area contributed by atoms with Crippen molar-refractivity contribution in [1.82, 2.24) is 10.3 Å². The summed E-state index contributed by atoms with van der Waals surface area (Å²) in [6, 6.07) is 0. The summed E-state index contributed by atoms with van der Waals surface area (Å²) in [5.74, 6) is 0. The number of fused-ring (bicyclic) bond motifs is 1. The van der Waals surface area contributed by atoms with Crippen LogP contribution in [0.2, 0.25) is 0 Å². The zero-order valence-electron chi connectivity index (χ0n) is 7.08. The molecule has 3 N–H and O–H groups in total. The van der Waals surface area contributed by atoms with Gasteiger partial charge in [0, 0.05) is 24.4 Å². The molecule has 0 unspecified atom stereocenters. The Labute approximate surface area is 93.9 Å². The van der Waals surface area contributed by atoms with Crippen LogP contribution in [0.3, 0.4) is 0 Å². The number of aromatic nitrogens is 1. The maximum atomic E-state index is 5.60. The summed E-state index contributed by atoms with van der Waals surface area (Å²) in [4.78, 5) is 5.64. The largest absolute Gasteiger partial charge is 0.375 e. The Morgan fingerprint density at radius 2 is 1.92 bits per heavy atom. The van der Waals surface area contributed by atoms with E-state index in [2.05, 4.69) is 10.3 Å². The summed E-state index contributed by atoms with van der Waals surface area (Å²) in [5.41, 5.74) is 6.80. The average molecular weight is 242 g/mol. The first kappa shape index (κ1) is 13.0. The van der Waals surface area contributed by atoms with Gasteiger partial charge in [-0.3, -0.25) is 0 Å². The van der Waals surface area contributed by atoms with E-state index >= 15 is 0 Å². The molecule has 1 aromatic heterocycles. The van der Waals surface area contributed by atoms with Crippen LogP contribution in [0, 0.1) is 0 Å². The second-order valence-electron chi connectivity index (χ2n) is 2.67. The fourth-order valence-corrected chi connectivity index (χ4v) is 2.21. The summed E-state index contributed by atoms with van der Waals surface area (Å²) in [6.07, 6.45) is 2.12. The van der Waals surface area contributed by atoms with Crippen molar-refractivity contribution >= 4 is 41.3 Å². The van der Waals surface area contributed by atoms with Crippen LogP contribution in [0.5, 0.6) is 0 Å². The number of hydrogen-bond donors (Lipinski definition) is 2. The number of nitrogens with one attached hydrogen (secondary N) is 1. The van der Waals surface area contributed by atoms with Crippen molar-refractivity contribution in [3.8, 4) is 0 Å². The molecule has 1 aliphatic heterocycles. The number of halogens is 2. The van der Waals surface area contributed by atoms with E-state index in [-0.39, 0.29) is 24.8 Å². The quantitative estimate of drug-likeness (QED) is 0.720. The smallest absolute Gasteiger partial charge is 0.180 e. The van der Waals surface area contributed by atoms with Crippen LogP contribution in [0.15, 0.2) is 0 Å². The van der Waals surface area contributed by atoms with E-state index < -0.39 is 0 Å². The number of nitrogen functional groups attached to an aromatic ring is 1. The van der Waals surface area contributed by atoms with Crippen LogP contribution in [-0.2, 0) is 12.8 Å². The molecule has 0 amide bonds. The second kappa shape index (κ2) is 5.65. The molecule has 76 valence electrons. The molecule has 1 aliphatic rings. The first-order valence-corrected chi connectivity index (χ1v) is 4.62. The molecule has 1 aromatic rings. The van der Waals surface area contributed by atoms with Gasteiger partial charge in [0.1, 0.15) is 0 Å². The van der Waals surface area contributed by atoms with E-state index in [1.54, 1.807) is 11.3 Å². The lowest BCUT2D eigenvalue weighted by Gasteiger charge is -1.93. The fraction of sp³-hybridized carbons (Fsp3) is 0.571. The molecule has 0 fully saturated rings. The minimum absolute atomic E-state index is 0. The first-order valence-electron chi connectivity index (χ1n) is 3.81. The van der Waals surface area contributed by atoms with E-state index in [9.17, 15) is 0 Å².